The van der Waals surface area contributed by atoms with Gasteiger partial charge >= 0.3 is 0 Å². The van der Waals surface area contributed by atoms with Crippen molar-refractivity contribution in [2.45, 2.75) is 32.2 Å². The van der Waals surface area contributed by atoms with Crippen LogP contribution in [0.1, 0.15) is 26.2 Å². The summed E-state index contributed by atoms with van der Waals surface area (Å²) in [5.41, 5.74) is 5.37. The van der Waals surface area contributed by atoms with Gasteiger partial charge in [0.1, 0.15) is 0 Å². The maximum atomic E-state index is 10.9. The molecule has 0 aromatic rings. The molecule has 0 bridgehead atoms. The highest BCUT2D eigenvalue weighted by molar-refractivity contribution is 5.74. The average molecular weight is 156 g/mol. The van der Waals surface area contributed by atoms with Gasteiger partial charge in [0.05, 0.1) is 0 Å². The number of likely N-dealkylation sites (tertiary alicyclic amines) is 1. The van der Waals surface area contributed by atoms with Crippen LogP contribution in [0.3, 0.4) is 0 Å². The normalized spacial score (nSPS) is 23.1. The summed E-state index contributed by atoms with van der Waals surface area (Å²) >= 11 is 0. The predicted octanol–water partition coefficient (Wildman–Crippen LogP) is 0.346. The van der Waals surface area contributed by atoms with Crippen LogP contribution in [0.25, 0.3) is 0 Å². The topological polar surface area (TPSA) is 46.3 Å². The lowest BCUT2D eigenvalue weighted by Gasteiger charge is -2.40. The van der Waals surface area contributed by atoms with E-state index in [1.807, 2.05) is 4.90 Å². The van der Waals surface area contributed by atoms with E-state index in [0.717, 1.165) is 25.9 Å². The van der Waals surface area contributed by atoms with Gasteiger partial charge in [-0.25, -0.2) is 0 Å². The van der Waals surface area contributed by atoms with Crippen molar-refractivity contribution < 1.29 is 4.79 Å². The van der Waals surface area contributed by atoms with Gasteiger partial charge in [0.2, 0.25) is 5.91 Å². The lowest BCUT2D eigenvalue weighted by atomic mass is 9.98. The molecule has 1 aliphatic rings. The average Bonchev–Trinajstić information content (AvgIpc) is 1.84. The van der Waals surface area contributed by atoms with Crippen molar-refractivity contribution >= 4 is 5.91 Å². The highest BCUT2D eigenvalue weighted by Gasteiger charge is 2.28. The van der Waals surface area contributed by atoms with Crippen molar-refractivity contribution in [1.82, 2.24) is 4.90 Å². The molecule has 1 rings (SSSR count). The fourth-order valence-corrected chi connectivity index (χ4v) is 1.51. The number of nitrogens with zero attached hydrogens (tertiary/aromatic N) is 1. The molecule has 0 saturated carbocycles. The molecule has 1 aliphatic heterocycles. The first-order valence-electron chi connectivity index (χ1n) is 4.23. The van der Waals surface area contributed by atoms with Crippen LogP contribution in [0.15, 0.2) is 0 Å². The minimum Gasteiger partial charge on any atom is -0.340 e. The summed E-state index contributed by atoms with van der Waals surface area (Å²) in [6, 6.07) is 0.496. The van der Waals surface area contributed by atoms with Crippen molar-refractivity contribution in [3.05, 3.63) is 0 Å². The number of nitrogens with two attached hydrogens (primary N) is 1. The Balaban J connectivity index is 2.20. The van der Waals surface area contributed by atoms with Gasteiger partial charge in [-0.1, -0.05) is 0 Å². The first-order chi connectivity index (χ1) is 5.25. The summed E-state index contributed by atoms with van der Waals surface area (Å²) in [7, 11) is 0. The first-order valence-corrected chi connectivity index (χ1v) is 4.23. The first kappa shape index (κ1) is 8.53. The highest BCUT2D eigenvalue weighted by atomic mass is 16.2. The molecule has 0 aliphatic carbocycles. The van der Waals surface area contributed by atoms with E-state index in [1.54, 1.807) is 6.92 Å². The van der Waals surface area contributed by atoms with E-state index in [1.165, 1.54) is 6.42 Å². The van der Waals surface area contributed by atoms with Crippen molar-refractivity contribution in [3.63, 3.8) is 0 Å². The van der Waals surface area contributed by atoms with E-state index in [2.05, 4.69) is 0 Å². The third-order valence-electron chi connectivity index (χ3n) is 2.29. The third kappa shape index (κ3) is 1.93. The van der Waals surface area contributed by atoms with E-state index in [0.29, 0.717) is 6.04 Å². The van der Waals surface area contributed by atoms with Gasteiger partial charge in [-0.3, -0.25) is 4.79 Å². The molecule has 1 fully saturated rings. The van der Waals surface area contributed by atoms with Gasteiger partial charge in [-0.15, -0.1) is 0 Å². The van der Waals surface area contributed by atoms with Crippen molar-refractivity contribution in [1.29, 1.82) is 0 Å². The summed E-state index contributed by atoms with van der Waals surface area (Å²) < 4.78 is 0. The molecule has 1 amide bonds. The number of hydrogen-bond acceptors (Lipinski definition) is 2. The fourth-order valence-electron chi connectivity index (χ4n) is 1.51. The van der Waals surface area contributed by atoms with Crippen molar-refractivity contribution in [2.75, 3.05) is 13.1 Å². The van der Waals surface area contributed by atoms with Gasteiger partial charge in [0.25, 0.3) is 0 Å². The zero-order valence-corrected chi connectivity index (χ0v) is 7.05. The van der Waals surface area contributed by atoms with Gasteiger partial charge < -0.3 is 10.6 Å². The van der Waals surface area contributed by atoms with E-state index in [9.17, 15) is 4.79 Å². The third-order valence-corrected chi connectivity index (χ3v) is 2.29. The smallest absolute Gasteiger partial charge is 0.219 e. The summed E-state index contributed by atoms with van der Waals surface area (Å²) in [5, 5.41) is 0. The maximum Gasteiger partial charge on any atom is 0.219 e. The van der Waals surface area contributed by atoms with Crippen LogP contribution in [0.2, 0.25) is 0 Å². The Morgan fingerprint density at radius 1 is 1.73 bits per heavy atom. The van der Waals surface area contributed by atoms with Crippen LogP contribution in [-0.4, -0.2) is 29.9 Å². The zero-order valence-electron chi connectivity index (χ0n) is 7.05. The molecule has 0 aromatic carbocycles. The second-order valence-electron chi connectivity index (χ2n) is 3.09. The quantitative estimate of drug-likeness (QED) is 0.640. The lowest BCUT2D eigenvalue weighted by Crippen LogP contribution is -2.50. The molecule has 1 heterocycles. The number of rotatable bonds is 3. The molecule has 64 valence electrons. The fraction of sp³-hybridized carbons (Fsp3) is 0.875. The minimum absolute atomic E-state index is 0.207. The Morgan fingerprint density at radius 2 is 2.45 bits per heavy atom. The van der Waals surface area contributed by atoms with E-state index < -0.39 is 0 Å². The van der Waals surface area contributed by atoms with Gasteiger partial charge in [0.15, 0.2) is 0 Å². The maximum absolute atomic E-state index is 10.9. The largest absolute Gasteiger partial charge is 0.340 e. The molecular weight excluding hydrogens is 140 g/mol. The molecule has 1 saturated heterocycles. The minimum atomic E-state index is 0.207. The van der Waals surface area contributed by atoms with Crippen LogP contribution in [0.5, 0.6) is 0 Å². The summed E-state index contributed by atoms with van der Waals surface area (Å²) in [6.45, 7) is 3.32. The summed E-state index contributed by atoms with van der Waals surface area (Å²) in [6.07, 6.45) is 3.28. The molecule has 0 aromatic heterocycles. The van der Waals surface area contributed by atoms with Crippen molar-refractivity contribution in [3.8, 4) is 0 Å². The lowest BCUT2D eigenvalue weighted by molar-refractivity contribution is -0.136. The van der Waals surface area contributed by atoms with Crippen LogP contribution >= 0.6 is 0 Å². The Kier molecular flexibility index (Phi) is 2.88. The molecule has 1 atom stereocenters. The predicted molar refractivity (Wildman–Crippen MR) is 44.1 cm³/mol. The highest BCUT2D eigenvalue weighted by Crippen LogP contribution is 2.21. The van der Waals surface area contributed by atoms with E-state index in [-0.39, 0.29) is 5.91 Å². The van der Waals surface area contributed by atoms with Crippen LogP contribution in [0, 0.1) is 0 Å². The summed E-state index contributed by atoms with van der Waals surface area (Å²) in [4.78, 5) is 12.8. The molecule has 3 heteroatoms. The van der Waals surface area contributed by atoms with Crippen LogP contribution in [-0.2, 0) is 4.79 Å². The van der Waals surface area contributed by atoms with Crippen LogP contribution in [0.4, 0.5) is 0 Å². The molecule has 2 N–H and O–H groups in total. The Bertz CT molecular complexity index is 147. The van der Waals surface area contributed by atoms with Gasteiger partial charge in [-0.05, 0) is 25.8 Å². The second-order valence-corrected chi connectivity index (χ2v) is 3.09. The summed E-state index contributed by atoms with van der Waals surface area (Å²) in [5.74, 6) is 0.207. The molecule has 0 radical (unpaired) electrons. The number of carbonyl (C=O) groups is 1. The molecule has 11 heavy (non-hydrogen) atoms. The number of carbonyl (C=O) groups excluding carboxylic acids is 1. The molecule has 1 unspecified atom stereocenters. The molecule has 0 spiro atoms. The standard InChI is InChI=1S/C8H16N2O/c1-7(11)10-6-4-8(10)3-2-5-9/h8H,2-6,9H2,1H3. The second kappa shape index (κ2) is 3.72. The zero-order chi connectivity index (χ0) is 8.27. The molecular formula is C8H16N2O. The van der Waals surface area contributed by atoms with E-state index >= 15 is 0 Å². The Hall–Kier alpha value is -0.570. The SMILES string of the molecule is CC(=O)N1CCC1CCCN. The van der Waals surface area contributed by atoms with E-state index in [4.69, 9.17) is 5.73 Å². The van der Waals surface area contributed by atoms with Crippen molar-refractivity contribution in [2.24, 2.45) is 5.73 Å². The Labute approximate surface area is 67.5 Å². The number of amides is 1. The Morgan fingerprint density at radius 3 is 2.82 bits per heavy atom. The monoisotopic (exact) mass is 156 g/mol. The van der Waals surface area contributed by atoms with Gasteiger partial charge in [0, 0.05) is 19.5 Å². The van der Waals surface area contributed by atoms with Gasteiger partial charge in [-0.2, -0.15) is 0 Å². The molecule has 3 nitrogen and oxygen atoms in total. The number of hydrogen-bond donors (Lipinski definition) is 1. The van der Waals surface area contributed by atoms with Crippen LogP contribution < -0.4 is 5.73 Å².